The highest BCUT2D eigenvalue weighted by Gasteiger charge is 2.13. The third-order valence-electron chi connectivity index (χ3n) is 3.64. The fourth-order valence-corrected chi connectivity index (χ4v) is 2.14. The van der Waals surface area contributed by atoms with Gasteiger partial charge >= 0.3 is 0 Å². The highest BCUT2D eigenvalue weighted by Crippen LogP contribution is 2.22. The molecular weight excluding hydrogens is 288 g/mol. The van der Waals surface area contributed by atoms with Gasteiger partial charge in [-0.1, -0.05) is 57.2 Å². The molecule has 0 aliphatic rings. The first kappa shape index (κ1) is 16.7. The Labute approximate surface area is 136 Å². The normalized spacial score (nSPS) is 12.1. The molecule has 120 valence electrons. The van der Waals surface area contributed by atoms with E-state index in [1.54, 1.807) is 18.2 Å². The van der Waals surface area contributed by atoms with Gasteiger partial charge in [0.1, 0.15) is 5.75 Å². The molecule has 4 heteroatoms. The molecule has 0 atom stereocenters. The van der Waals surface area contributed by atoms with E-state index in [2.05, 4.69) is 43.4 Å². The highest BCUT2D eigenvalue weighted by atomic mass is 16.3. The largest absolute Gasteiger partial charge is 0.507 e. The zero-order valence-corrected chi connectivity index (χ0v) is 13.9. The van der Waals surface area contributed by atoms with Crippen molar-refractivity contribution in [2.45, 2.75) is 33.1 Å². The number of phenolic OH excluding ortho intramolecular Hbond substituents is 1. The van der Waals surface area contributed by atoms with Crippen LogP contribution in [0.1, 0.15) is 49.2 Å². The molecule has 0 unspecified atom stereocenters. The summed E-state index contributed by atoms with van der Waals surface area (Å²) in [5.41, 5.74) is 5.66. The van der Waals surface area contributed by atoms with Crippen LogP contribution in [0.4, 0.5) is 0 Å². The van der Waals surface area contributed by atoms with Crippen LogP contribution in [-0.4, -0.2) is 16.7 Å². The molecule has 23 heavy (non-hydrogen) atoms. The van der Waals surface area contributed by atoms with Gasteiger partial charge in [-0.15, -0.1) is 0 Å². The number of aromatic hydroxyl groups is 1. The molecule has 2 rings (SSSR count). The maximum Gasteiger partial charge on any atom is 0.275 e. The quantitative estimate of drug-likeness (QED) is 0.668. The van der Waals surface area contributed by atoms with E-state index in [1.807, 2.05) is 19.1 Å². The van der Waals surface area contributed by atoms with Crippen molar-refractivity contribution in [1.82, 2.24) is 5.43 Å². The summed E-state index contributed by atoms with van der Waals surface area (Å²) in [6.45, 7) is 8.32. The summed E-state index contributed by atoms with van der Waals surface area (Å²) in [6.07, 6.45) is 0. The Balaban J connectivity index is 2.11. The van der Waals surface area contributed by atoms with E-state index >= 15 is 0 Å². The van der Waals surface area contributed by atoms with Gasteiger partial charge in [0.15, 0.2) is 0 Å². The Bertz CT molecular complexity index is 726. The van der Waals surface area contributed by atoms with Gasteiger partial charge in [0, 0.05) is 0 Å². The minimum atomic E-state index is -0.436. The Kier molecular flexibility index (Phi) is 4.84. The molecule has 4 nitrogen and oxygen atoms in total. The zero-order valence-electron chi connectivity index (χ0n) is 13.9. The number of hydrogen-bond acceptors (Lipinski definition) is 3. The number of nitrogens with zero attached hydrogens (tertiary/aromatic N) is 1. The lowest BCUT2D eigenvalue weighted by molar-refractivity contribution is 0.0952. The first-order valence-electron chi connectivity index (χ1n) is 7.52. The Hall–Kier alpha value is -2.62. The first-order valence-corrected chi connectivity index (χ1v) is 7.52. The van der Waals surface area contributed by atoms with Crippen LogP contribution < -0.4 is 5.43 Å². The molecule has 0 aromatic heterocycles. The molecule has 2 N–H and O–H groups in total. The van der Waals surface area contributed by atoms with Crippen molar-refractivity contribution in [2.24, 2.45) is 5.10 Å². The van der Waals surface area contributed by atoms with Crippen LogP contribution in [-0.2, 0) is 5.41 Å². The van der Waals surface area contributed by atoms with Crippen molar-refractivity contribution in [2.75, 3.05) is 0 Å². The Morgan fingerprint density at radius 3 is 2.22 bits per heavy atom. The van der Waals surface area contributed by atoms with E-state index in [4.69, 9.17) is 0 Å². The van der Waals surface area contributed by atoms with Crippen molar-refractivity contribution in [3.63, 3.8) is 0 Å². The lowest BCUT2D eigenvalue weighted by Crippen LogP contribution is -2.19. The lowest BCUT2D eigenvalue weighted by atomic mass is 9.86. The van der Waals surface area contributed by atoms with E-state index in [0.29, 0.717) is 5.71 Å². The van der Waals surface area contributed by atoms with Crippen molar-refractivity contribution < 1.29 is 9.90 Å². The molecule has 0 radical (unpaired) electrons. The molecule has 0 bridgehead atoms. The number of hydrazone groups is 1. The third kappa shape index (κ3) is 4.19. The number of hydrogen-bond donors (Lipinski definition) is 2. The van der Waals surface area contributed by atoms with Crippen LogP contribution in [0.15, 0.2) is 53.6 Å². The van der Waals surface area contributed by atoms with Gasteiger partial charge < -0.3 is 5.11 Å². The van der Waals surface area contributed by atoms with Crippen LogP contribution in [0, 0.1) is 0 Å². The number of para-hydroxylation sites is 1. The monoisotopic (exact) mass is 310 g/mol. The van der Waals surface area contributed by atoms with Crippen LogP contribution in [0.5, 0.6) is 5.75 Å². The second-order valence-electron chi connectivity index (χ2n) is 6.48. The van der Waals surface area contributed by atoms with E-state index in [1.165, 1.54) is 11.6 Å². The maximum absolute atomic E-state index is 12.0. The Morgan fingerprint density at radius 1 is 1.04 bits per heavy atom. The van der Waals surface area contributed by atoms with Gasteiger partial charge in [0.05, 0.1) is 11.3 Å². The highest BCUT2D eigenvalue weighted by molar-refractivity contribution is 6.01. The summed E-state index contributed by atoms with van der Waals surface area (Å²) in [6, 6.07) is 14.5. The predicted molar refractivity (Wildman–Crippen MR) is 92.9 cm³/mol. The number of carbonyl (C=O) groups is 1. The zero-order chi connectivity index (χ0) is 17.0. The third-order valence-corrected chi connectivity index (χ3v) is 3.64. The standard InChI is InChI=1S/C19H22N2O2/c1-13(14-9-11-15(12-10-14)19(2,3)4)20-21-18(23)16-7-5-6-8-17(16)22/h5-12,22H,1-4H3,(H,21,23). The van der Waals surface area contributed by atoms with E-state index in [0.717, 1.165) is 5.56 Å². The van der Waals surface area contributed by atoms with Crippen molar-refractivity contribution in [1.29, 1.82) is 0 Å². The average molecular weight is 310 g/mol. The smallest absolute Gasteiger partial charge is 0.275 e. The van der Waals surface area contributed by atoms with E-state index in [9.17, 15) is 9.90 Å². The molecular formula is C19H22N2O2. The number of carbonyl (C=O) groups excluding carboxylic acids is 1. The summed E-state index contributed by atoms with van der Waals surface area (Å²) < 4.78 is 0. The SMILES string of the molecule is CC(=NNC(=O)c1ccccc1O)c1ccc(C(C)(C)C)cc1. The second kappa shape index (κ2) is 6.65. The number of benzene rings is 2. The minimum Gasteiger partial charge on any atom is -0.507 e. The number of amides is 1. The molecule has 0 aliphatic heterocycles. The maximum atomic E-state index is 12.0. The lowest BCUT2D eigenvalue weighted by Gasteiger charge is -2.19. The number of rotatable bonds is 3. The van der Waals surface area contributed by atoms with Gasteiger partial charge in [0.25, 0.3) is 5.91 Å². The van der Waals surface area contributed by atoms with Crippen LogP contribution in [0.2, 0.25) is 0 Å². The molecule has 1 amide bonds. The second-order valence-corrected chi connectivity index (χ2v) is 6.48. The van der Waals surface area contributed by atoms with Gasteiger partial charge in [-0.05, 0) is 35.6 Å². The first-order chi connectivity index (χ1) is 10.8. The van der Waals surface area contributed by atoms with E-state index in [-0.39, 0.29) is 16.7 Å². The molecule has 0 saturated carbocycles. The van der Waals surface area contributed by atoms with Crippen molar-refractivity contribution >= 4 is 11.6 Å². The summed E-state index contributed by atoms with van der Waals surface area (Å²) >= 11 is 0. The average Bonchev–Trinajstić information content (AvgIpc) is 2.52. The molecule has 0 spiro atoms. The van der Waals surface area contributed by atoms with Gasteiger partial charge in [-0.25, -0.2) is 5.43 Å². The van der Waals surface area contributed by atoms with Crippen LogP contribution in [0.3, 0.4) is 0 Å². The molecule has 2 aromatic carbocycles. The fourth-order valence-electron chi connectivity index (χ4n) is 2.14. The molecule has 0 aliphatic carbocycles. The molecule has 0 heterocycles. The Morgan fingerprint density at radius 2 is 1.65 bits per heavy atom. The summed E-state index contributed by atoms with van der Waals surface area (Å²) in [5.74, 6) is -0.499. The molecule has 0 saturated heterocycles. The summed E-state index contributed by atoms with van der Waals surface area (Å²) in [5, 5.41) is 13.8. The topological polar surface area (TPSA) is 61.7 Å². The van der Waals surface area contributed by atoms with Gasteiger partial charge in [-0.2, -0.15) is 5.10 Å². The van der Waals surface area contributed by atoms with Crippen LogP contribution in [0.25, 0.3) is 0 Å². The predicted octanol–water partition coefficient (Wildman–Crippen LogP) is 3.84. The van der Waals surface area contributed by atoms with Gasteiger partial charge in [-0.3, -0.25) is 4.79 Å². The van der Waals surface area contributed by atoms with Crippen molar-refractivity contribution in [3.05, 3.63) is 65.2 Å². The summed E-state index contributed by atoms with van der Waals surface area (Å²) in [4.78, 5) is 12.0. The van der Waals surface area contributed by atoms with Crippen LogP contribution >= 0.6 is 0 Å². The van der Waals surface area contributed by atoms with E-state index < -0.39 is 5.91 Å². The number of phenols is 1. The molecule has 0 fully saturated rings. The number of nitrogens with one attached hydrogen (secondary N) is 1. The van der Waals surface area contributed by atoms with Gasteiger partial charge in [0.2, 0.25) is 0 Å². The summed E-state index contributed by atoms with van der Waals surface area (Å²) in [7, 11) is 0. The minimum absolute atomic E-state index is 0.0626. The molecule has 2 aromatic rings. The van der Waals surface area contributed by atoms with Crippen molar-refractivity contribution in [3.8, 4) is 5.75 Å². The fraction of sp³-hybridized carbons (Fsp3) is 0.263.